The number of halogens is 1. The average molecular weight is 505 g/mol. The Labute approximate surface area is 213 Å². The first-order valence-corrected chi connectivity index (χ1v) is 12.2. The van der Waals surface area contributed by atoms with E-state index < -0.39 is 17.7 Å². The Morgan fingerprint density at radius 1 is 0.889 bits per heavy atom. The first kappa shape index (κ1) is 24.0. The summed E-state index contributed by atoms with van der Waals surface area (Å²) >= 11 is 6.59. The molecular formula is C28H25ClN2O5. The molecule has 5 rings (SSSR count). The van der Waals surface area contributed by atoms with Crippen LogP contribution in [-0.2, 0) is 37.8 Å². The van der Waals surface area contributed by atoms with Crippen molar-refractivity contribution >= 4 is 35.0 Å². The van der Waals surface area contributed by atoms with Gasteiger partial charge < -0.3 is 20.1 Å². The van der Waals surface area contributed by atoms with E-state index in [4.69, 9.17) is 21.1 Å². The molecule has 0 aliphatic carbocycles. The second-order valence-electron chi connectivity index (χ2n) is 8.82. The minimum Gasteiger partial charge on any atom is -0.416 e. The molecule has 2 heterocycles. The van der Waals surface area contributed by atoms with Crippen LogP contribution in [0.1, 0.15) is 45.5 Å². The van der Waals surface area contributed by atoms with Crippen molar-refractivity contribution in [3.8, 4) is 0 Å². The van der Waals surface area contributed by atoms with Crippen LogP contribution in [0.15, 0.2) is 66.7 Å². The molecule has 0 radical (unpaired) electrons. The highest BCUT2D eigenvalue weighted by atomic mass is 35.5. The molecule has 2 aliphatic rings. The summed E-state index contributed by atoms with van der Waals surface area (Å²) in [6, 6.07) is 20.0. The first-order chi connectivity index (χ1) is 17.4. The van der Waals surface area contributed by atoms with Crippen molar-refractivity contribution in [2.24, 2.45) is 0 Å². The summed E-state index contributed by atoms with van der Waals surface area (Å²) in [5.74, 6) is -2.52. The molecule has 0 amide bonds. The molecule has 184 valence electrons. The van der Waals surface area contributed by atoms with Gasteiger partial charge in [-0.15, -0.1) is 0 Å². The zero-order chi connectivity index (χ0) is 25.1. The Balaban J connectivity index is 1.40. The smallest absolute Gasteiger partial charge is 0.309 e. The van der Waals surface area contributed by atoms with Gasteiger partial charge in [-0.05, 0) is 36.2 Å². The van der Waals surface area contributed by atoms with Gasteiger partial charge in [-0.2, -0.15) is 0 Å². The van der Waals surface area contributed by atoms with Gasteiger partial charge in [-0.1, -0.05) is 66.2 Å². The minimum absolute atomic E-state index is 0.0165. The van der Waals surface area contributed by atoms with E-state index in [-0.39, 0.29) is 25.2 Å². The minimum atomic E-state index is -1.53. The number of rotatable bonds is 5. The molecule has 1 fully saturated rings. The molecule has 0 saturated carbocycles. The number of anilines is 1. The fourth-order valence-electron chi connectivity index (χ4n) is 4.59. The van der Waals surface area contributed by atoms with Gasteiger partial charge >= 0.3 is 11.9 Å². The molecule has 8 heteroatoms. The van der Waals surface area contributed by atoms with E-state index in [0.29, 0.717) is 46.9 Å². The third kappa shape index (κ3) is 4.85. The third-order valence-electron chi connectivity index (χ3n) is 6.39. The zero-order valence-corrected chi connectivity index (χ0v) is 20.3. The number of ketones is 1. The van der Waals surface area contributed by atoms with Crippen molar-refractivity contribution in [2.45, 2.75) is 31.6 Å². The lowest BCUT2D eigenvalue weighted by atomic mass is 9.96. The Kier molecular flexibility index (Phi) is 6.76. The molecule has 0 aromatic heterocycles. The lowest BCUT2D eigenvalue weighted by Crippen LogP contribution is -2.43. The number of benzene rings is 3. The predicted molar refractivity (Wildman–Crippen MR) is 135 cm³/mol. The van der Waals surface area contributed by atoms with E-state index in [9.17, 15) is 14.4 Å². The fourth-order valence-corrected chi connectivity index (χ4v) is 4.83. The quantitative estimate of drug-likeness (QED) is 0.394. The van der Waals surface area contributed by atoms with Gasteiger partial charge in [-0.3, -0.25) is 14.4 Å². The van der Waals surface area contributed by atoms with Gasteiger partial charge in [0.05, 0.1) is 30.1 Å². The standard InChI is InChI=1S/C28H25ClN2O5/c29-23-11-10-22-21(14-15-30-17-28(22)35-24(32)12-13-25(33)36-28)26(23)31-16-18-6-8-20(9-7-18)27(34)19-4-2-1-3-5-19/h1-11,30-31H,12-17H2. The second-order valence-corrected chi connectivity index (χ2v) is 9.23. The van der Waals surface area contributed by atoms with Gasteiger partial charge in [0.25, 0.3) is 5.79 Å². The molecule has 3 aromatic rings. The maximum atomic E-state index is 12.7. The molecule has 1 spiro atoms. The Bertz CT molecular complexity index is 1290. The highest BCUT2D eigenvalue weighted by Crippen LogP contribution is 2.40. The van der Waals surface area contributed by atoms with Crippen LogP contribution in [0.4, 0.5) is 5.69 Å². The molecule has 7 nitrogen and oxygen atoms in total. The van der Waals surface area contributed by atoms with Crippen LogP contribution in [0.2, 0.25) is 5.02 Å². The van der Waals surface area contributed by atoms with E-state index in [1.165, 1.54) is 0 Å². The number of ether oxygens (including phenoxy) is 2. The summed E-state index contributed by atoms with van der Waals surface area (Å²) in [4.78, 5) is 37.3. The van der Waals surface area contributed by atoms with Crippen LogP contribution in [0, 0.1) is 0 Å². The van der Waals surface area contributed by atoms with Crippen LogP contribution in [0.5, 0.6) is 0 Å². The average Bonchev–Trinajstić information content (AvgIpc) is 3.16. The maximum absolute atomic E-state index is 12.7. The van der Waals surface area contributed by atoms with E-state index in [1.807, 2.05) is 42.5 Å². The highest BCUT2D eigenvalue weighted by molar-refractivity contribution is 6.33. The third-order valence-corrected chi connectivity index (χ3v) is 6.71. The molecular weight excluding hydrogens is 480 g/mol. The topological polar surface area (TPSA) is 93.7 Å². The number of hydrogen-bond donors (Lipinski definition) is 2. The first-order valence-electron chi connectivity index (χ1n) is 11.8. The molecule has 3 aromatic carbocycles. The van der Waals surface area contributed by atoms with Gasteiger partial charge in [-0.25, -0.2) is 0 Å². The van der Waals surface area contributed by atoms with Crippen LogP contribution in [-0.4, -0.2) is 30.8 Å². The molecule has 2 aliphatic heterocycles. The van der Waals surface area contributed by atoms with Gasteiger partial charge in [0.2, 0.25) is 0 Å². The van der Waals surface area contributed by atoms with Gasteiger partial charge in [0.1, 0.15) is 0 Å². The summed E-state index contributed by atoms with van der Waals surface area (Å²) in [7, 11) is 0. The number of nitrogens with one attached hydrogen (secondary N) is 2. The van der Waals surface area contributed by atoms with Crippen molar-refractivity contribution < 1.29 is 23.9 Å². The molecule has 0 unspecified atom stereocenters. The number of carbonyl (C=O) groups excluding carboxylic acids is 3. The summed E-state index contributed by atoms with van der Waals surface area (Å²) in [6.07, 6.45) is 0.564. The summed E-state index contributed by atoms with van der Waals surface area (Å²) in [5.41, 5.74) is 4.34. The van der Waals surface area contributed by atoms with Gasteiger partial charge in [0.15, 0.2) is 5.78 Å². The highest BCUT2D eigenvalue weighted by Gasteiger charge is 2.46. The molecule has 1 saturated heterocycles. The number of hydrogen-bond acceptors (Lipinski definition) is 7. The lowest BCUT2D eigenvalue weighted by Gasteiger charge is -2.32. The van der Waals surface area contributed by atoms with Crippen LogP contribution in [0.3, 0.4) is 0 Å². The number of fused-ring (bicyclic) bond motifs is 2. The molecule has 2 N–H and O–H groups in total. The summed E-state index contributed by atoms with van der Waals surface area (Å²) in [6.45, 7) is 1.21. The van der Waals surface area contributed by atoms with Crippen LogP contribution in [0.25, 0.3) is 0 Å². The molecule has 0 atom stereocenters. The summed E-state index contributed by atoms with van der Waals surface area (Å²) in [5, 5.41) is 7.12. The second kappa shape index (κ2) is 10.1. The lowest BCUT2D eigenvalue weighted by molar-refractivity contribution is -0.225. The fraction of sp³-hybridized carbons (Fsp3) is 0.250. The van der Waals surface area contributed by atoms with Gasteiger partial charge in [0, 0.05) is 23.2 Å². The zero-order valence-electron chi connectivity index (χ0n) is 19.5. The normalized spacial score (nSPS) is 16.8. The van der Waals surface area contributed by atoms with Crippen molar-refractivity contribution in [3.05, 3.63) is 99.6 Å². The molecule has 36 heavy (non-hydrogen) atoms. The van der Waals surface area contributed by atoms with Crippen LogP contribution < -0.4 is 10.6 Å². The Hall–Kier alpha value is -3.68. The predicted octanol–water partition coefficient (Wildman–Crippen LogP) is 4.36. The van der Waals surface area contributed by atoms with Crippen molar-refractivity contribution in [1.29, 1.82) is 0 Å². The van der Waals surface area contributed by atoms with Crippen molar-refractivity contribution in [2.75, 3.05) is 18.4 Å². The number of esters is 2. The van der Waals surface area contributed by atoms with E-state index >= 15 is 0 Å². The maximum Gasteiger partial charge on any atom is 0.309 e. The van der Waals surface area contributed by atoms with E-state index in [1.54, 1.807) is 24.3 Å². The van der Waals surface area contributed by atoms with Crippen molar-refractivity contribution in [3.63, 3.8) is 0 Å². The van der Waals surface area contributed by atoms with E-state index in [0.717, 1.165) is 11.1 Å². The Morgan fingerprint density at radius 3 is 2.25 bits per heavy atom. The molecule has 0 bridgehead atoms. The number of carbonyl (C=O) groups is 3. The van der Waals surface area contributed by atoms with E-state index in [2.05, 4.69) is 10.6 Å². The Morgan fingerprint density at radius 2 is 1.56 bits per heavy atom. The van der Waals surface area contributed by atoms with Crippen LogP contribution >= 0.6 is 11.6 Å². The SMILES string of the molecule is O=C1CCC(=O)OC2(CNCCc3c2ccc(Cl)c3NCc2ccc(C(=O)c3ccccc3)cc2)O1. The largest absolute Gasteiger partial charge is 0.416 e. The van der Waals surface area contributed by atoms with Crippen molar-refractivity contribution in [1.82, 2.24) is 5.32 Å². The monoisotopic (exact) mass is 504 g/mol. The summed E-state index contributed by atoms with van der Waals surface area (Å²) < 4.78 is 11.4.